The average molecular weight is 477 g/mol. The second-order valence-electron chi connectivity index (χ2n) is 10.2. The number of rotatable bonds is 7. The molecule has 1 aliphatic heterocycles. The third kappa shape index (κ3) is 4.64. The highest BCUT2D eigenvalue weighted by Crippen LogP contribution is 2.44. The summed E-state index contributed by atoms with van der Waals surface area (Å²) in [4.78, 5) is 38.8. The van der Waals surface area contributed by atoms with Crippen molar-refractivity contribution >= 4 is 18.0 Å². The highest BCUT2D eigenvalue weighted by atomic mass is 16.5. The van der Waals surface area contributed by atoms with Crippen molar-refractivity contribution in [1.29, 1.82) is 0 Å². The van der Waals surface area contributed by atoms with E-state index in [2.05, 4.69) is 29.6 Å². The molecule has 2 aromatic carbocycles. The Labute approximate surface area is 205 Å². The van der Waals surface area contributed by atoms with Crippen LogP contribution in [0.2, 0.25) is 0 Å². The third-order valence-electron chi connectivity index (χ3n) is 7.89. The van der Waals surface area contributed by atoms with Crippen LogP contribution in [0.4, 0.5) is 4.79 Å². The van der Waals surface area contributed by atoms with Gasteiger partial charge in [0.15, 0.2) is 0 Å². The predicted molar refractivity (Wildman–Crippen MR) is 131 cm³/mol. The first-order valence-corrected chi connectivity index (χ1v) is 12.6. The second-order valence-corrected chi connectivity index (χ2v) is 10.2. The van der Waals surface area contributed by atoms with Gasteiger partial charge in [0.1, 0.15) is 6.61 Å². The number of nitrogens with one attached hydrogen (secondary N) is 1. The number of carbonyl (C=O) groups is 3. The van der Waals surface area contributed by atoms with Crippen LogP contribution in [0.5, 0.6) is 0 Å². The fraction of sp³-hybridized carbons (Fsp3) is 0.464. The molecule has 5 rings (SSSR count). The molecule has 1 saturated carbocycles. The van der Waals surface area contributed by atoms with Gasteiger partial charge in [-0.15, -0.1) is 0 Å². The maximum absolute atomic E-state index is 13.4. The summed E-state index contributed by atoms with van der Waals surface area (Å²) in [6, 6.07) is 16.4. The Morgan fingerprint density at radius 1 is 0.943 bits per heavy atom. The minimum atomic E-state index is -0.827. The lowest BCUT2D eigenvalue weighted by atomic mass is 9.72. The van der Waals surface area contributed by atoms with E-state index in [4.69, 9.17) is 9.84 Å². The number of amides is 2. The highest BCUT2D eigenvalue weighted by Gasteiger charge is 2.46. The van der Waals surface area contributed by atoms with Crippen LogP contribution in [0.25, 0.3) is 11.1 Å². The number of nitrogens with zero attached hydrogens (tertiary/aromatic N) is 1. The number of aliphatic carboxylic acids is 1. The van der Waals surface area contributed by atoms with Gasteiger partial charge in [-0.05, 0) is 35.1 Å². The quantitative estimate of drug-likeness (QED) is 0.617. The second kappa shape index (κ2) is 9.72. The number of alkyl carbamates (subject to hydrolysis) is 1. The smallest absolute Gasteiger partial charge is 0.407 e. The zero-order valence-electron chi connectivity index (χ0n) is 19.9. The molecule has 2 aromatic rings. The van der Waals surface area contributed by atoms with Crippen LogP contribution in [0.15, 0.2) is 48.5 Å². The molecule has 0 radical (unpaired) electrons. The molecule has 0 unspecified atom stereocenters. The van der Waals surface area contributed by atoms with Crippen molar-refractivity contribution in [3.63, 3.8) is 0 Å². The Balaban J connectivity index is 1.20. The molecule has 2 aliphatic carbocycles. The number of hydrogen-bond acceptors (Lipinski definition) is 4. The van der Waals surface area contributed by atoms with Crippen LogP contribution in [0.3, 0.4) is 0 Å². The van der Waals surface area contributed by atoms with E-state index in [1.807, 2.05) is 24.3 Å². The van der Waals surface area contributed by atoms with Gasteiger partial charge in [0.25, 0.3) is 0 Å². The van der Waals surface area contributed by atoms with Gasteiger partial charge in [-0.3, -0.25) is 9.59 Å². The van der Waals surface area contributed by atoms with Gasteiger partial charge in [0.2, 0.25) is 5.91 Å². The van der Waals surface area contributed by atoms with Crippen molar-refractivity contribution in [3.8, 4) is 11.1 Å². The number of benzene rings is 2. The minimum absolute atomic E-state index is 0.00863. The summed E-state index contributed by atoms with van der Waals surface area (Å²) in [7, 11) is 0. The summed E-state index contributed by atoms with van der Waals surface area (Å²) in [6.07, 6.45) is 4.04. The Hall–Kier alpha value is -3.35. The van der Waals surface area contributed by atoms with Crippen LogP contribution < -0.4 is 5.32 Å². The van der Waals surface area contributed by atoms with Crippen LogP contribution >= 0.6 is 0 Å². The molecule has 2 N–H and O–H groups in total. The summed E-state index contributed by atoms with van der Waals surface area (Å²) >= 11 is 0. The molecule has 1 saturated heterocycles. The zero-order chi connectivity index (χ0) is 24.4. The molecule has 0 bridgehead atoms. The lowest BCUT2D eigenvalue weighted by molar-refractivity contribution is -0.153. The lowest BCUT2D eigenvalue weighted by Crippen LogP contribution is -2.58. The van der Waals surface area contributed by atoms with E-state index in [1.54, 1.807) is 4.90 Å². The third-order valence-corrected chi connectivity index (χ3v) is 7.89. The summed E-state index contributed by atoms with van der Waals surface area (Å²) in [5.74, 6) is -0.776. The minimum Gasteiger partial charge on any atom is -0.481 e. The fourth-order valence-corrected chi connectivity index (χ4v) is 6.03. The molecule has 0 aromatic heterocycles. The van der Waals surface area contributed by atoms with Crippen LogP contribution in [-0.4, -0.2) is 54.2 Å². The van der Waals surface area contributed by atoms with Crippen molar-refractivity contribution in [3.05, 3.63) is 59.7 Å². The Bertz CT molecular complexity index is 1070. The Morgan fingerprint density at radius 3 is 2.14 bits per heavy atom. The van der Waals surface area contributed by atoms with Crippen LogP contribution in [-0.2, 0) is 14.3 Å². The maximum atomic E-state index is 13.4. The largest absolute Gasteiger partial charge is 0.481 e. The van der Waals surface area contributed by atoms with E-state index < -0.39 is 17.5 Å². The van der Waals surface area contributed by atoms with Gasteiger partial charge < -0.3 is 20.1 Å². The van der Waals surface area contributed by atoms with Gasteiger partial charge in [0.05, 0.1) is 11.8 Å². The topological polar surface area (TPSA) is 95.9 Å². The number of likely N-dealkylation sites (tertiary alicyclic amines) is 1. The zero-order valence-corrected chi connectivity index (χ0v) is 19.9. The molecule has 184 valence electrons. The number of ether oxygens (including phenoxy) is 1. The average Bonchev–Trinajstić information content (AvgIpc) is 3.17. The molecular weight excluding hydrogens is 444 g/mol. The highest BCUT2D eigenvalue weighted by molar-refractivity contribution is 5.85. The lowest BCUT2D eigenvalue weighted by Gasteiger charge is -2.46. The molecule has 7 heteroatoms. The van der Waals surface area contributed by atoms with E-state index in [0.29, 0.717) is 13.1 Å². The first-order valence-electron chi connectivity index (χ1n) is 12.6. The Morgan fingerprint density at radius 2 is 1.54 bits per heavy atom. The SMILES string of the molecule is O=C(O)CC1CN(C(=O)C2(CNC(=O)OCC3c4ccccc4-c4ccccc43)CCCCC2)C1. The number of carboxylic acids is 1. The molecule has 35 heavy (non-hydrogen) atoms. The van der Waals surface area contributed by atoms with Crippen LogP contribution in [0, 0.1) is 11.3 Å². The first-order chi connectivity index (χ1) is 17.0. The van der Waals surface area contributed by atoms with Crippen molar-refractivity contribution in [2.45, 2.75) is 44.4 Å². The van der Waals surface area contributed by atoms with E-state index >= 15 is 0 Å². The van der Waals surface area contributed by atoms with E-state index in [1.165, 1.54) is 11.1 Å². The van der Waals surface area contributed by atoms with Crippen LogP contribution in [0.1, 0.15) is 55.6 Å². The molecule has 2 fully saturated rings. The summed E-state index contributed by atoms with van der Waals surface area (Å²) < 4.78 is 5.68. The molecule has 3 aliphatic rings. The van der Waals surface area contributed by atoms with Crippen molar-refractivity contribution in [2.24, 2.45) is 11.3 Å². The normalized spacial score (nSPS) is 18.8. The first kappa shape index (κ1) is 23.4. The summed E-state index contributed by atoms with van der Waals surface area (Å²) in [5, 5.41) is 11.9. The molecular formula is C28H32N2O5. The van der Waals surface area contributed by atoms with E-state index in [-0.39, 0.29) is 37.3 Å². The van der Waals surface area contributed by atoms with Crippen molar-refractivity contribution in [2.75, 3.05) is 26.2 Å². The molecule has 7 nitrogen and oxygen atoms in total. The Kier molecular flexibility index (Phi) is 6.50. The van der Waals surface area contributed by atoms with Gasteiger partial charge >= 0.3 is 12.1 Å². The fourth-order valence-electron chi connectivity index (χ4n) is 6.03. The standard InChI is InChI=1S/C28H32N2O5/c31-25(32)14-19-15-30(16-19)26(33)28(12-6-1-7-13-28)18-29-27(34)35-17-24-22-10-4-2-8-20(22)21-9-3-5-11-23(21)24/h2-5,8-11,19,24H,1,6-7,12-18H2,(H,29,34)(H,31,32). The molecule has 0 atom stereocenters. The van der Waals surface area contributed by atoms with E-state index in [0.717, 1.165) is 43.2 Å². The van der Waals surface area contributed by atoms with Gasteiger partial charge in [-0.2, -0.15) is 0 Å². The van der Waals surface area contributed by atoms with Crippen molar-refractivity contribution in [1.82, 2.24) is 10.2 Å². The summed E-state index contributed by atoms with van der Waals surface area (Å²) in [5.41, 5.74) is 4.06. The molecule has 1 heterocycles. The van der Waals surface area contributed by atoms with Gasteiger partial charge in [-0.1, -0.05) is 67.8 Å². The number of hydrogen-bond donors (Lipinski definition) is 2. The number of fused-ring (bicyclic) bond motifs is 3. The van der Waals surface area contributed by atoms with Crippen molar-refractivity contribution < 1.29 is 24.2 Å². The van der Waals surface area contributed by atoms with E-state index in [9.17, 15) is 14.4 Å². The monoisotopic (exact) mass is 476 g/mol. The predicted octanol–water partition coefficient (Wildman–Crippen LogP) is 4.41. The molecule has 0 spiro atoms. The number of carbonyl (C=O) groups excluding carboxylic acids is 2. The molecule has 2 amide bonds. The van der Waals surface area contributed by atoms with Gasteiger partial charge in [-0.25, -0.2) is 4.79 Å². The van der Waals surface area contributed by atoms with Gasteiger partial charge in [0, 0.05) is 31.5 Å². The maximum Gasteiger partial charge on any atom is 0.407 e. The summed E-state index contributed by atoms with van der Waals surface area (Å²) in [6.45, 7) is 1.46. The number of carboxylic acid groups (broad SMARTS) is 1.